The highest BCUT2D eigenvalue weighted by molar-refractivity contribution is 4.98. The van der Waals surface area contributed by atoms with Gasteiger partial charge in [0, 0.05) is 44.9 Å². The van der Waals surface area contributed by atoms with Gasteiger partial charge >= 0.3 is 0 Å². The Kier molecular flexibility index (Phi) is 5.23. The summed E-state index contributed by atoms with van der Waals surface area (Å²) in [6.07, 6.45) is 5.28. The van der Waals surface area contributed by atoms with Gasteiger partial charge in [-0.25, -0.2) is 0 Å². The van der Waals surface area contributed by atoms with Gasteiger partial charge in [0.2, 0.25) is 0 Å². The Balaban J connectivity index is 2.02. The van der Waals surface area contributed by atoms with Crippen LogP contribution in [-0.2, 0) is 4.74 Å². The third-order valence-corrected chi connectivity index (χ3v) is 5.21. The fraction of sp³-hybridized carbons (Fsp3) is 1.00. The van der Waals surface area contributed by atoms with Gasteiger partial charge in [-0.3, -0.25) is 4.90 Å². The highest BCUT2D eigenvalue weighted by atomic mass is 16.5. The Hall–Kier alpha value is -0.160. The quantitative estimate of drug-likeness (QED) is 0.835. The molecule has 0 saturated carbocycles. The Morgan fingerprint density at radius 3 is 2.63 bits per heavy atom. The number of methoxy groups -OCH3 is 1. The van der Waals surface area contributed by atoms with Gasteiger partial charge in [0.05, 0.1) is 6.10 Å². The van der Waals surface area contributed by atoms with E-state index in [9.17, 15) is 0 Å². The second-order valence-corrected chi connectivity index (χ2v) is 6.50. The summed E-state index contributed by atoms with van der Waals surface area (Å²) in [5.74, 6) is 0. The number of rotatable bonds is 4. The van der Waals surface area contributed by atoms with Gasteiger partial charge in [0.15, 0.2) is 0 Å². The van der Waals surface area contributed by atoms with Gasteiger partial charge in [-0.1, -0.05) is 0 Å². The molecule has 0 amide bonds. The number of likely N-dealkylation sites (tertiary alicyclic amines) is 2. The standard InChI is InChI=1S/C15H31N3O/c1-13(2)17-8-4-6-15(12-16,7-10-17)18-9-5-14(11-18)19-3/h13-14H,4-12,16H2,1-3H3. The molecule has 2 fully saturated rings. The van der Waals surface area contributed by atoms with E-state index in [-0.39, 0.29) is 5.54 Å². The number of nitrogens with zero attached hydrogens (tertiary/aromatic N) is 2. The average Bonchev–Trinajstić information content (AvgIpc) is 2.78. The van der Waals surface area contributed by atoms with Crippen molar-refractivity contribution in [2.45, 2.75) is 57.2 Å². The second-order valence-electron chi connectivity index (χ2n) is 6.50. The molecule has 0 spiro atoms. The molecule has 112 valence electrons. The second kappa shape index (κ2) is 6.53. The summed E-state index contributed by atoms with van der Waals surface area (Å²) in [6, 6.07) is 0.652. The molecule has 2 aliphatic rings. The van der Waals surface area contributed by atoms with Crippen molar-refractivity contribution < 1.29 is 4.74 Å². The summed E-state index contributed by atoms with van der Waals surface area (Å²) >= 11 is 0. The smallest absolute Gasteiger partial charge is 0.0710 e. The molecule has 0 bridgehead atoms. The molecule has 0 radical (unpaired) electrons. The van der Waals surface area contributed by atoms with Gasteiger partial charge in [0.1, 0.15) is 0 Å². The van der Waals surface area contributed by atoms with Crippen LogP contribution >= 0.6 is 0 Å². The molecule has 0 aromatic carbocycles. The van der Waals surface area contributed by atoms with E-state index >= 15 is 0 Å². The Labute approximate surface area is 118 Å². The fourth-order valence-electron chi connectivity index (χ4n) is 3.72. The molecule has 19 heavy (non-hydrogen) atoms. The molecule has 0 aromatic heterocycles. The van der Waals surface area contributed by atoms with E-state index in [1.165, 1.54) is 32.4 Å². The van der Waals surface area contributed by atoms with Crippen molar-refractivity contribution in [3.05, 3.63) is 0 Å². The minimum absolute atomic E-state index is 0.219. The molecule has 2 atom stereocenters. The maximum Gasteiger partial charge on any atom is 0.0710 e. The summed E-state index contributed by atoms with van der Waals surface area (Å²) in [4.78, 5) is 5.21. The SMILES string of the molecule is COC1CCN(C2(CN)CCCN(C(C)C)CC2)C1. The lowest BCUT2D eigenvalue weighted by molar-refractivity contribution is 0.0642. The minimum Gasteiger partial charge on any atom is -0.380 e. The molecule has 2 unspecified atom stereocenters. The lowest BCUT2D eigenvalue weighted by atomic mass is 9.89. The maximum absolute atomic E-state index is 6.19. The molecule has 2 rings (SSSR count). The van der Waals surface area contributed by atoms with Crippen LogP contribution in [0.4, 0.5) is 0 Å². The predicted octanol–water partition coefficient (Wildman–Crippen LogP) is 1.30. The minimum atomic E-state index is 0.219. The van der Waals surface area contributed by atoms with Gasteiger partial charge < -0.3 is 15.4 Å². The van der Waals surface area contributed by atoms with Gasteiger partial charge in [-0.2, -0.15) is 0 Å². The van der Waals surface area contributed by atoms with Crippen LogP contribution in [0.25, 0.3) is 0 Å². The molecular weight excluding hydrogens is 238 g/mol. The molecule has 0 aromatic rings. The van der Waals surface area contributed by atoms with E-state index in [0.717, 1.165) is 26.1 Å². The Bertz CT molecular complexity index is 285. The van der Waals surface area contributed by atoms with E-state index in [1.54, 1.807) is 0 Å². The first kappa shape index (κ1) is 15.2. The summed E-state index contributed by atoms with van der Waals surface area (Å²) in [6.45, 7) is 10.0. The monoisotopic (exact) mass is 269 g/mol. The van der Waals surface area contributed by atoms with Crippen molar-refractivity contribution in [2.75, 3.05) is 39.8 Å². The summed E-state index contributed by atoms with van der Waals surface area (Å²) in [5, 5.41) is 0. The zero-order valence-corrected chi connectivity index (χ0v) is 12.9. The van der Waals surface area contributed by atoms with Gasteiger partial charge in [0.25, 0.3) is 0 Å². The molecule has 2 N–H and O–H groups in total. The van der Waals surface area contributed by atoms with Crippen LogP contribution < -0.4 is 5.73 Å². The number of ether oxygens (including phenoxy) is 1. The van der Waals surface area contributed by atoms with Crippen molar-refractivity contribution in [1.29, 1.82) is 0 Å². The summed E-state index contributed by atoms with van der Waals surface area (Å²) in [5.41, 5.74) is 6.41. The molecule has 0 aliphatic carbocycles. The van der Waals surface area contributed by atoms with Crippen LogP contribution in [0, 0.1) is 0 Å². The Morgan fingerprint density at radius 1 is 1.26 bits per heavy atom. The predicted molar refractivity (Wildman–Crippen MR) is 79.3 cm³/mol. The number of hydrogen-bond acceptors (Lipinski definition) is 4. The van der Waals surface area contributed by atoms with Crippen molar-refractivity contribution in [2.24, 2.45) is 5.73 Å². The topological polar surface area (TPSA) is 41.7 Å². The highest BCUT2D eigenvalue weighted by Crippen LogP contribution is 2.32. The summed E-state index contributed by atoms with van der Waals surface area (Å²) < 4.78 is 5.52. The van der Waals surface area contributed by atoms with E-state index in [2.05, 4.69) is 23.6 Å². The van der Waals surface area contributed by atoms with Crippen LogP contribution in [0.1, 0.15) is 39.5 Å². The normalized spacial score (nSPS) is 34.9. The fourth-order valence-corrected chi connectivity index (χ4v) is 3.72. The van der Waals surface area contributed by atoms with E-state index in [4.69, 9.17) is 10.5 Å². The first-order chi connectivity index (χ1) is 9.11. The van der Waals surface area contributed by atoms with E-state index in [0.29, 0.717) is 12.1 Å². The van der Waals surface area contributed by atoms with E-state index < -0.39 is 0 Å². The first-order valence-corrected chi connectivity index (χ1v) is 7.83. The van der Waals surface area contributed by atoms with Crippen LogP contribution in [0.5, 0.6) is 0 Å². The lowest BCUT2D eigenvalue weighted by Gasteiger charge is -2.41. The van der Waals surface area contributed by atoms with Crippen molar-refractivity contribution in [1.82, 2.24) is 9.80 Å². The van der Waals surface area contributed by atoms with Crippen molar-refractivity contribution >= 4 is 0 Å². The van der Waals surface area contributed by atoms with Crippen LogP contribution in [0.2, 0.25) is 0 Å². The Morgan fingerprint density at radius 2 is 2.05 bits per heavy atom. The molecule has 2 aliphatic heterocycles. The summed E-state index contributed by atoms with van der Waals surface area (Å²) in [7, 11) is 1.83. The zero-order chi connectivity index (χ0) is 13.9. The molecule has 2 heterocycles. The average molecular weight is 269 g/mol. The van der Waals surface area contributed by atoms with E-state index in [1.807, 2.05) is 7.11 Å². The first-order valence-electron chi connectivity index (χ1n) is 7.83. The zero-order valence-electron chi connectivity index (χ0n) is 12.9. The largest absolute Gasteiger partial charge is 0.380 e. The lowest BCUT2D eigenvalue weighted by Crippen LogP contribution is -2.53. The van der Waals surface area contributed by atoms with Gasteiger partial charge in [-0.05, 0) is 46.1 Å². The maximum atomic E-state index is 6.19. The number of nitrogens with two attached hydrogens (primary N) is 1. The number of hydrogen-bond donors (Lipinski definition) is 1. The molecule has 4 heteroatoms. The molecular formula is C15H31N3O. The van der Waals surface area contributed by atoms with Crippen molar-refractivity contribution in [3.63, 3.8) is 0 Å². The van der Waals surface area contributed by atoms with Crippen LogP contribution in [0.15, 0.2) is 0 Å². The third kappa shape index (κ3) is 3.30. The van der Waals surface area contributed by atoms with Crippen LogP contribution in [0.3, 0.4) is 0 Å². The van der Waals surface area contributed by atoms with Gasteiger partial charge in [-0.15, -0.1) is 0 Å². The molecule has 2 saturated heterocycles. The van der Waals surface area contributed by atoms with Crippen LogP contribution in [-0.4, -0.2) is 67.3 Å². The van der Waals surface area contributed by atoms with Crippen molar-refractivity contribution in [3.8, 4) is 0 Å². The molecule has 4 nitrogen and oxygen atoms in total. The highest BCUT2D eigenvalue weighted by Gasteiger charge is 2.40. The third-order valence-electron chi connectivity index (χ3n) is 5.21.